The molecule has 148 valence electrons. The molecule has 1 fully saturated rings. The van der Waals surface area contributed by atoms with E-state index in [2.05, 4.69) is 19.2 Å². The Morgan fingerprint density at radius 2 is 1.93 bits per heavy atom. The van der Waals surface area contributed by atoms with Gasteiger partial charge < -0.3 is 15.0 Å². The Balaban J connectivity index is 1.42. The summed E-state index contributed by atoms with van der Waals surface area (Å²) in [5.74, 6) is 0.120. The largest absolute Gasteiger partial charge is 0.378 e. The normalized spacial score (nSPS) is 19.2. The van der Waals surface area contributed by atoms with Crippen LogP contribution < -0.4 is 5.32 Å². The summed E-state index contributed by atoms with van der Waals surface area (Å²) in [6.45, 7) is 6.64. The van der Waals surface area contributed by atoms with Crippen LogP contribution in [-0.2, 0) is 22.4 Å². The monoisotopic (exact) mass is 398 g/mol. The predicted molar refractivity (Wildman–Crippen MR) is 111 cm³/mol. The lowest BCUT2D eigenvalue weighted by atomic mass is 9.87. The minimum absolute atomic E-state index is 0.0463. The topological polar surface area (TPSA) is 58.6 Å². The zero-order valence-corrected chi connectivity index (χ0v) is 17.2. The highest BCUT2D eigenvalue weighted by molar-refractivity contribution is 7.14. The van der Waals surface area contributed by atoms with Crippen LogP contribution in [-0.4, -0.2) is 43.0 Å². The Labute approximate surface area is 169 Å². The van der Waals surface area contributed by atoms with Gasteiger partial charge in [-0.3, -0.25) is 9.59 Å². The third-order valence-corrected chi connectivity index (χ3v) is 6.96. The van der Waals surface area contributed by atoms with Gasteiger partial charge in [0, 0.05) is 29.6 Å². The number of carbonyl (C=O) groups excluding carboxylic acids is 2. The first-order valence-corrected chi connectivity index (χ1v) is 10.7. The van der Waals surface area contributed by atoms with E-state index in [0.717, 1.165) is 29.0 Å². The van der Waals surface area contributed by atoms with Crippen molar-refractivity contribution in [3.8, 4) is 0 Å². The fourth-order valence-corrected chi connectivity index (χ4v) is 5.01. The van der Waals surface area contributed by atoms with Gasteiger partial charge in [-0.05, 0) is 68.0 Å². The van der Waals surface area contributed by atoms with Gasteiger partial charge in [0.2, 0.25) is 5.91 Å². The molecular weight excluding hydrogens is 372 g/mol. The number of morpholine rings is 1. The average Bonchev–Trinajstić information content (AvgIpc) is 3.14. The molecule has 0 unspecified atom stereocenters. The first-order valence-electron chi connectivity index (χ1n) is 9.88. The summed E-state index contributed by atoms with van der Waals surface area (Å²) in [5, 5.41) is 3.07. The van der Waals surface area contributed by atoms with Crippen LogP contribution in [0.25, 0.3) is 0 Å². The molecule has 0 radical (unpaired) electrons. The van der Waals surface area contributed by atoms with Gasteiger partial charge in [-0.25, -0.2) is 0 Å². The fourth-order valence-electron chi connectivity index (χ4n) is 3.84. The molecule has 1 saturated heterocycles. The first kappa shape index (κ1) is 19.2. The molecule has 1 aliphatic heterocycles. The van der Waals surface area contributed by atoms with Gasteiger partial charge in [0.25, 0.3) is 5.91 Å². The van der Waals surface area contributed by atoms with Crippen molar-refractivity contribution in [2.45, 2.75) is 33.1 Å². The zero-order chi connectivity index (χ0) is 19.7. The second-order valence-corrected chi connectivity index (χ2v) is 8.83. The second-order valence-electron chi connectivity index (χ2n) is 7.69. The molecule has 0 saturated carbocycles. The van der Waals surface area contributed by atoms with E-state index in [4.69, 9.17) is 4.74 Å². The number of nitrogens with zero attached hydrogens (tertiary/aromatic N) is 1. The number of thiophene rings is 1. The summed E-state index contributed by atoms with van der Waals surface area (Å²) in [5.41, 5.74) is 4.41. The maximum atomic E-state index is 12.8. The van der Waals surface area contributed by atoms with Crippen LogP contribution >= 0.6 is 11.3 Å². The van der Waals surface area contributed by atoms with E-state index in [1.807, 2.05) is 29.2 Å². The standard InChI is InChI=1S/C22H26N2O3S/c1-14-3-5-18(11-15(14)2)23-21(25)16-4-6-19-17(12-16)13-20(28-19)22(26)24-7-9-27-10-8-24/h3,5,11,13,16H,4,6-10,12H2,1-2H3,(H,23,25)/t16-/m1/s1. The molecule has 2 aromatic rings. The lowest BCUT2D eigenvalue weighted by Crippen LogP contribution is -2.40. The minimum Gasteiger partial charge on any atom is -0.378 e. The lowest BCUT2D eigenvalue weighted by molar-refractivity contribution is -0.120. The summed E-state index contributed by atoms with van der Waals surface area (Å²) < 4.78 is 5.34. The van der Waals surface area contributed by atoms with Crippen molar-refractivity contribution in [2.75, 3.05) is 31.6 Å². The van der Waals surface area contributed by atoms with Crippen LogP contribution in [0.15, 0.2) is 24.3 Å². The summed E-state index contributed by atoms with van der Waals surface area (Å²) >= 11 is 1.59. The molecule has 1 aromatic carbocycles. The molecule has 1 aliphatic carbocycles. The van der Waals surface area contributed by atoms with Gasteiger partial charge in [-0.15, -0.1) is 11.3 Å². The molecule has 2 aliphatic rings. The first-order chi connectivity index (χ1) is 13.5. The molecule has 2 heterocycles. The van der Waals surface area contributed by atoms with Crippen molar-refractivity contribution >= 4 is 28.8 Å². The number of benzene rings is 1. The van der Waals surface area contributed by atoms with Crippen LogP contribution in [0.1, 0.15) is 37.7 Å². The van der Waals surface area contributed by atoms with Crippen LogP contribution in [0.3, 0.4) is 0 Å². The molecule has 0 spiro atoms. The maximum absolute atomic E-state index is 12.8. The molecule has 5 nitrogen and oxygen atoms in total. The summed E-state index contributed by atoms with van der Waals surface area (Å²) in [7, 11) is 0. The maximum Gasteiger partial charge on any atom is 0.264 e. The zero-order valence-electron chi connectivity index (χ0n) is 16.4. The molecule has 2 amide bonds. The smallest absolute Gasteiger partial charge is 0.264 e. The Hall–Kier alpha value is -2.18. The highest BCUT2D eigenvalue weighted by atomic mass is 32.1. The number of carbonyl (C=O) groups is 2. The number of aryl methyl sites for hydroxylation is 3. The Kier molecular flexibility index (Phi) is 5.51. The molecule has 6 heteroatoms. The SMILES string of the molecule is Cc1ccc(NC(=O)[C@@H]2CCc3sc(C(=O)N4CCOCC4)cc3C2)cc1C. The molecular formula is C22H26N2O3S. The van der Waals surface area contributed by atoms with Crippen molar-refractivity contribution in [1.29, 1.82) is 0 Å². The number of anilines is 1. The van der Waals surface area contributed by atoms with Gasteiger partial charge in [0.1, 0.15) is 0 Å². The number of rotatable bonds is 3. The number of ether oxygens (including phenoxy) is 1. The highest BCUT2D eigenvalue weighted by Crippen LogP contribution is 2.33. The number of fused-ring (bicyclic) bond motifs is 1. The number of hydrogen-bond donors (Lipinski definition) is 1. The third kappa shape index (κ3) is 3.98. The van der Waals surface area contributed by atoms with Crippen molar-refractivity contribution < 1.29 is 14.3 Å². The molecule has 0 bridgehead atoms. The van der Waals surface area contributed by atoms with Crippen LogP contribution in [0.2, 0.25) is 0 Å². The second kappa shape index (κ2) is 8.05. The lowest BCUT2D eigenvalue weighted by Gasteiger charge is -2.26. The number of hydrogen-bond acceptors (Lipinski definition) is 4. The van der Waals surface area contributed by atoms with Gasteiger partial charge in [-0.1, -0.05) is 6.07 Å². The van der Waals surface area contributed by atoms with Crippen molar-refractivity contribution in [1.82, 2.24) is 4.90 Å². The number of amides is 2. The quantitative estimate of drug-likeness (QED) is 0.860. The van der Waals surface area contributed by atoms with E-state index >= 15 is 0 Å². The molecule has 4 rings (SSSR count). The van der Waals surface area contributed by atoms with Gasteiger partial charge >= 0.3 is 0 Å². The van der Waals surface area contributed by atoms with Crippen molar-refractivity contribution in [3.05, 3.63) is 50.7 Å². The van der Waals surface area contributed by atoms with Crippen LogP contribution in [0.5, 0.6) is 0 Å². The van der Waals surface area contributed by atoms with E-state index in [-0.39, 0.29) is 17.7 Å². The van der Waals surface area contributed by atoms with Crippen molar-refractivity contribution in [3.63, 3.8) is 0 Å². The van der Waals surface area contributed by atoms with Gasteiger partial charge in [0.05, 0.1) is 18.1 Å². The molecule has 1 atom stereocenters. The summed E-state index contributed by atoms with van der Waals surface area (Å²) in [6.07, 6.45) is 2.40. The highest BCUT2D eigenvalue weighted by Gasteiger charge is 2.29. The summed E-state index contributed by atoms with van der Waals surface area (Å²) in [4.78, 5) is 29.4. The minimum atomic E-state index is -0.0463. The van der Waals surface area contributed by atoms with Gasteiger partial charge in [0.15, 0.2) is 0 Å². The molecule has 1 aromatic heterocycles. The van der Waals surface area contributed by atoms with E-state index in [9.17, 15) is 9.59 Å². The fraction of sp³-hybridized carbons (Fsp3) is 0.455. The van der Waals surface area contributed by atoms with E-state index < -0.39 is 0 Å². The van der Waals surface area contributed by atoms with Crippen LogP contribution in [0, 0.1) is 19.8 Å². The average molecular weight is 399 g/mol. The molecule has 1 N–H and O–H groups in total. The van der Waals surface area contributed by atoms with E-state index in [0.29, 0.717) is 32.7 Å². The van der Waals surface area contributed by atoms with E-state index in [1.54, 1.807) is 11.3 Å². The van der Waals surface area contributed by atoms with E-state index in [1.165, 1.54) is 16.0 Å². The van der Waals surface area contributed by atoms with Gasteiger partial charge in [-0.2, -0.15) is 0 Å². The third-order valence-electron chi connectivity index (χ3n) is 5.74. The van der Waals surface area contributed by atoms with Crippen LogP contribution in [0.4, 0.5) is 5.69 Å². The Morgan fingerprint density at radius 1 is 1.14 bits per heavy atom. The predicted octanol–water partition coefficient (Wildman–Crippen LogP) is 3.58. The Bertz CT molecular complexity index is 899. The van der Waals surface area contributed by atoms with Crippen molar-refractivity contribution in [2.24, 2.45) is 5.92 Å². The molecule has 28 heavy (non-hydrogen) atoms. The summed E-state index contributed by atoms with van der Waals surface area (Å²) in [6, 6.07) is 8.02. The number of nitrogens with one attached hydrogen (secondary N) is 1. The Morgan fingerprint density at radius 3 is 2.68 bits per heavy atom.